The molecule has 8 heteroatoms. The molecule has 0 aromatic heterocycles. The van der Waals surface area contributed by atoms with E-state index in [4.69, 9.17) is 0 Å². The predicted molar refractivity (Wildman–Crippen MR) is 126 cm³/mol. The number of amides is 1. The first-order valence-electron chi connectivity index (χ1n) is 10.8. The summed E-state index contributed by atoms with van der Waals surface area (Å²) < 4.78 is 14.2. The van der Waals surface area contributed by atoms with Crippen molar-refractivity contribution < 1.29 is 14.1 Å². The van der Waals surface area contributed by atoms with Gasteiger partial charge in [0.25, 0.3) is 5.69 Å². The maximum absolute atomic E-state index is 14.2. The number of halogens is 1. The van der Waals surface area contributed by atoms with Crippen molar-refractivity contribution in [2.45, 2.75) is 13.0 Å². The second-order valence-electron chi connectivity index (χ2n) is 8.05. The van der Waals surface area contributed by atoms with Crippen molar-refractivity contribution in [3.63, 3.8) is 0 Å². The number of anilines is 2. The van der Waals surface area contributed by atoms with Crippen molar-refractivity contribution in [3.05, 3.63) is 99.9 Å². The zero-order valence-electron chi connectivity index (χ0n) is 18.3. The molecule has 33 heavy (non-hydrogen) atoms. The molecule has 1 N–H and O–H groups in total. The lowest BCUT2D eigenvalue weighted by atomic mass is 10.0. The minimum Gasteiger partial charge on any atom is -0.367 e. The van der Waals surface area contributed by atoms with Gasteiger partial charge in [-0.15, -0.1) is 0 Å². The summed E-state index contributed by atoms with van der Waals surface area (Å²) in [5.74, 6) is -0.609. The van der Waals surface area contributed by atoms with Crippen LogP contribution in [0.2, 0.25) is 0 Å². The van der Waals surface area contributed by atoms with Crippen molar-refractivity contribution >= 4 is 23.0 Å². The van der Waals surface area contributed by atoms with Crippen LogP contribution in [-0.2, 0) is 4.79 Å². The smallest absolute Gasteiger partial charge is 0.293 e. The molecule has 1 aliphatic rings. The predicted octanol–water partition coefficient (Wildman–Crippen LogP) is 4.54. The number of piperazine rings is 1. The Morgan fingerprint density at radius 3 is 2.33 bits per heavy atom. The van der Waals surface area contributed by atoms with Gasteiger partial charge in [-0.05, 0) is 36.2 Å². The van der Waals surface area contributed by atoms with E-state index in [1.165, 1.54) is 12.1 Å². The zero-order valence-corrected chi connectivity index (χ0v) is 18.3. The van der Waals surface area contributed by atoms with Gasteiger partial charge < -0.3 is 10.2 Å². The molecule has 7 nitrogen and oxygen atoms in total. The second kappa shape index (κ2) is 9.79. The quantitative estimate of drug-likeness (QED) is 0.442. The standard InChI is InChI=1S/C25H25FN4O3/c1-18-11-12-21(23(17-18)30(32)33)27-25(31)24(19-7-3-2-4-8-19)29-15-13-28(14-16-29)22-10-6-5-9-20(22)26/h2-12,17,24H,13-16H2,1H3,(H,27,31). The Balaban J connectivity index is 1.57. The van der Waals surface area contributed by atoms with Gasteiger partial charge in [0.1, 0.15) is 17.5 Å². The molecular weight excluding hydrogens is 423 g/mol. The van der Waals surface area contributed by atoms with Crippen LogP contribution in [-0.4, -0.2) is 41.9 Å². The van der Waals surface area contributed by atoms with Crippen LogP contribution < -0.4 is 10.2 Å². The van der Waals surface area contributed by atoms with Crippen molar-refractivity contribution in [2.24, 2.45) is 0 Å². The fraction of sp³-hybridized carbons (Fsp3) is 0.240. The van der Waals surface area contributed by atoms with Crippen molar-refractivity contribution in [2.75, 3.05) is 36.4 Å². The van der Waals surface area contributed by atoms with Crippen molar-refractivity contribution in [3.8, 4) is 0 Å². The monoisotopic (exact) mass is 448 g/mol. The fourth-order valence-electron chi connectivity index (χ4n) is 4.19. The van der Waals surface area contributed by atoms with Gasteiger partial charge in [-0.1, -0.05) is 48.5 Å². The van der Waals surface area contributed by atoms with E-state index >= 15 is 0 Å². The van der Waals surface area contributed by atoms with Crippen LogP contribution in [0.4, 0.5) is 21.5 Å². The van der Waals surface area contributed by atoms with E-state index in [1.807, 2.05) is 40.1 Å². The molecule has 1 fully saturated rings. The highest BCUT2D eigenvalue weighted by atomic mass is 19.1. The molecule has 1 aliphatic heterocycles. The van der Waals surface area contributed by atoms with E-state index < -0.39 is 11.0 Å². The third kappa shape index (κ3) is 5.01. The van der Waals surface area contributed by atoms with Gasteiger partial charge in [0, 0.05) is 32.2 Å². The maximum atomic E-state index is 14.2. The lowest BCUT2D eigenvalue weighted by molar-refractivity contribution is -0.384. The Morgan fingerprint density at radius 2 is 1.67 bits per heavy atom. The number of nitrogens with zero attached hydrogens (tertiary/aromatic N) is 3. The van der Waals surface area contributed by atoms with Gasteiger partial charge in [0.05, 0.1) is 10.6 Å². The van der Waals surface area contributed by atoms with Crippen molar-refractivity contribution in [1.82, 2.24) is 4.90 Å². The van der Waals surface area contributed by atoms with Crippen LogP contribution in [0.3, 0.4) is 0 Å². The number of nitro benzene ring substituents is 1. The summed E-state index contributed by atoms with van der Waals surface area (Å²) in [6, 6.07) is 20.1. The molecule has 1 saturated heterocycles. The van der Waals surface area contributed by atoms with Crippen LogP contribution >= 0.6 is 0 Å². The van der Waals surface area contributed by atoms with Gasteiger partial charge in [0.15, 0.2) is 0 Å². The SMILES string of the molecule is Cc1ccc(NC(=O)C(c2ccccc2)N2CCN(c3ccccc3F)CC2)c([N+](=O)[O-])c1. The third-order valence-corrected chi connectivity index (χ3v) is 5.84. The van der Waals surface area contributed by atoms with E-state index in [9.17, 15) is 19.3 Å². The Kier molecular flexibility index (Phi) is 6.65. The van der Waals surface area contributed by atoms with Crippen LogP contribution in [0.1, 0.15) is 17.2 Å². The van der Waals surface area contributed by atoms with Crippen molar-refractivity contribution in [1.29, 1.82) is 0 Å². The number of benzene rings is 3. The molecule has 1 heterocycles. The van der Waals surface area contributed by atoms with Gasteiger partial charge in [0.2, 0.25) is 5.91 Å². The Labute approximate surface area is 191 Å². The first-order chi connectivity index (χ1) is 15.9. The van der Waals surface area contributed by atoms with E-state index in [2.05, 4.69) is 5.32 Å². The molecular formula is C25H25FN4O3. The number of nitro groups is 1. The Bertz CT molecular complexity index is 1150. The molecule has 1 unspecified atom stereocenters. The minimum absolute atomic E-state index is 0.139. The highest BCUT2D eigenvalue weighted by Gasteiger charge is 2.32. The van der Waals surface area contributed by atoms with E-state index in [-0.39, 0.29) is 23.1 Å². The molecule has 1 amide bonds. The summed E-state index contributed by atoms with van der Waals surface area (Å²) in [5, 5.41) is 14.3. The topological polar surface area (TPSA) is 78.7 Å². The number of para-hydroxylation sites is 1. The summed E-state index contributed by atoms with van der Waals surface area (Å²) in [6.45, 7) is 3.96. The van der Waals surface area contributed by atoms with Crippen LogP contribution in [0.25, 0.3) is 0 Å². The number of hydrogen-bond donors (Lipinski definition) is 1. The molecule has 0 spiro atoms. The molecule has 0 radical (unpaired) electrons. The molecule has 0 saturated carbocycles. The fourth-order valence-corrected chi connectivity index (χ4v) is 4.19. The molecule has 3 aromatic carbocycles. The molecule has 3 aromatic rings. The largest absolute Gasteiger partial charge is 0.367 e. The molecule has 1 atom stereocenters. The average Bonchev–Trinajstić information content (AvgIpc) is 2.82. The van der Waals surface area contributed by atoms with E-state index in [0.717, 1.165) is 11.1 Å². The minimum atomic E-state index is -0.630. The summed E-state index contributed by atoms with van der Waals surface area (Å²) in [4.78, 5) is 28.4. The number of carbonyl (C=O) groups excluding carboxylic acids is 1. The van der Waals surface area contributed by atoms with Crippen LogP contribution in [0, 0.1) is 22.9 Å². The number of nitrogens with one attached hydrogen (secondary N) is 1. The second-order valence-corrected chi connectivity index (χ2v) is 8.05. The molecule has 170 valence electrons. The van der Waals surface area contributed by atoms with Gasteiger partial charge in [-0.25, -0.2) is 4.39 Å². The summed E-state index contributed by atoms with van der Waals surface area (Å²) in [5.41, 5.74) is 2.11. The Morgan fingerprint density at radius 1 is 1.00 bits per heavy atom. The number of carbonyl (C=O) groups is 1. The molecule has 0 bridgehead atoms. The van der Waals surface area contributed by atoms with E-state index in [0.29, 0.717) is 31.9 Å². The number of rotatable bonds is 6. The first kappa shape index (κ1) is 22.4. The third-order valence-electron chi connectivity index (χ3n) is 5.84. The summed E-state index contributed by atoms with van der Waals surface area (Å²) >= 11 is 0. The molecule has 4 rings (SSSR count). The average molecular weight is 448 g/mol. The summed E-state index contributed by atoms with van der Waals surface area (Å²) in [7, 11) is 0. The zero-order chi connectivity index (χ0) is 23.4. The first-order valence-corrected chi connectivity index (χ1v) is 10.8. The maximum Gasteiger partial charge on any atom is 0.293 e. The van der Waals surface area contributed by atoms with Crippen LogP contribution in [0.15, 0.2) is 72.8 Å². The van der Waals surface area contributed by atoms with E-state index in [1.54, 1.807) is 37.3 Å². The normalized spacial score (nSPS) is 15.2. The highest BCUT2D eigenvalue weighted by molar-refractivity contribution is 5.97. The van der Waals surface area contributed by atoms with Crippen LogP contribution in [0.5, 0.6) is 0 Å². The van der Waals surface area contributed by atoms with Gasteiger partial charge in [-0.3, -0.25) is 19.8 Å². The number of aryl methyl sites for hydroxylation is 1. The lowest BCUT2D eigenvalue weighted by Gasteiger charge is -2.39. The summed E-state index contributed by atoms with van der Waals surface area (Å²) in [6.07, 6.45) is 0. The highest BCUT2D eigenvalue weighted by Crippen LogP contribution is 2.30. The lowest BCUT2D eigenvalue weighted by Crippen LogP contribution is -2.50. The number of hydrogen-bond acceptors (Lipinski definition) is 5. The Hall–Kier alpha value is -3.78. The van der Waals surface area contributed by atoms with Gasteiger partial charge in [-0.2, -0.15) is 0 Å². The van der Waals surface area contributed by atoms with Gasteiger partial charge >= 0.3 is 0 Å². The molecule has 0 aliphatic carbocycles.